The summed E-state index contributed by atoms with van der Waals surface area (Å²) in [5, 5.41) is 0. The zero-order valence-corrected chi connectivity index (χ0v) is 8.69. The Morgan fingerprint density at radius 2 is 2.14 bits per heavy atom. The molecule has 0 saturated carbocycles. The van der Waals surface area contributed by atoms with Gasteiger partial charge in [0.05, 0.1) is 13.2 Å². The second-order valence-electron chi connectivity index (χ2n) is 3.75. The van der Waals surface area contributed by atoms with Crippen molar-refractivity contribution in [2.24, 2.45) is 5.92 Å². The van der Waals surface area contributed by atoms with Crippen LogP contribution in [0.15, 0.2) is 35.6 Å². The van der Waals surface area contributed by atoms with E-state index in [2.05, 4.69) is 18.2 Å². The van der Waals surface area contributed by atoms with Crippen LogP contribution in [0.4, 0.5) is 0 Å². The molecular formula is C12H16O2. The molecule has 2 nitrogen and oxygen atoms in total. The molecule has 0 N–H and O–H groups in total. The average Bonchev–Trinajstić information content (AvgIpc) is 2.27. The molecule has 14 heavy (non-hydrogen) atoms. The maximum Gasteiger partial charge on any atom is 0.115 e. The molecule has 0 aromatic rings. The summed E-state index contributed by atoms with van der Waals surface area (Å²) in [4.78, 5) is 0. The van der Waals surface area contributed by atoms with Crippen LogP contribution in [0.5, 0.6) is 0 Å². The van der Waals surface area contributed by atoms with Gasteiger partial charge in [0.2, 0.25) is 0 Å². The molecule has 0 spiro atoms. The molecule has 0 saturated heterocycles. The van der Waals surface area contributed by atoms with Crippen molar-refractivity contribution in [1.82, 2.24) is 0 Å². The van der Waals surface area contributed by atoms with Crippen molar-refractivity contribution >= 4 is 0 Å². The first-order valence-electron chi connectivity index (χ1n) is 5.00. The first kappa shape index (κ1) is 9.53. The van der Waals surface area contributed by atoms with Gasteiger partial charge >= 0.3 is 0 Å². The van der Waals surface area contributed by atoms with Gasteiger partial charge in [-0.15, -0.1) is 0 Å². The minimum Gasteiger partial charge on any atom is -0.497 e. The van der Waals surface area contributed by atoms with E-state index in [0.717, 1.165) is 18.6 Å². The Balaban J connectivity index is 2.16. The van der Waals surface area contributed by atoms with E-state index < -0.39 is 0 Å². The summed E-state index contributed by atoms with van der Waals surface area (Å²) in [7, 11) is 3.49. The summed E-state index contributed by atoms with van der Waals surface area (Å²) in [6.45, 7) is 0. The van der Waals surface area contributed by atoms with Crippen molar-refractivity contribution in [3.8, 4) is 0 Å². The summed E-state index contributed by atoms with van der Waals surface area (Å²) in [6.07, 6.45) is 11.1. The predicted octanol–water partition coefficient (Wildman–Crippen LogP) is 2.44. The van der Waals surface area contributed by atoms with E-state index in [9.17, 15) is 0 Å². The normalized spacial score (nSPS) is 30.4. The fraction of sp³-hybridized carbons (Fsp3) is 0.500. The van der Waals surface area contributed by atoms with Crippen LogP contribution in [0, 0.1) is 5.92 Å². The van der Waals surface area contributed by atoms with Gasteiger partial charge in [-0.1, -0.05) is 12.2 Å². The second-order valence-corrected chi connectivity index (χ2v) is 3.75. The molecule has 2 unspecified atom stereocenters. The molecule has 0 aliphatic heterocycles. The monoisotopic (exact) mass is 192 g/mol. The van der Waals surface area contributed by atoms with Gasteiger partial charge in [-0.25, -0.2) is 0 Å². The Hall–Kier alpha value is -1.02. The molecule has 0 amide bonds. The lowest BCUT2D eigenvalue weighted by Gasteiger charge is -2.28. The highest BCUT2D eigenvalue weighted by atomic mass is 16.5. The third-order valence-electron chi connectivity index (χ3n) is 2.94. The first-order chi connectivity index (χ1) is 6.83. The van der Waals surface area contributed by atoms with Crippen molar-refractivity contribution in [3.63, 3.8) is 0 Å². The Kier molecular flexibility index (Phi) is 2.73. The van der Waals surface area contributed by atoms with Gasteiger partial charge in [-0.2, -0.15) is 0 Å². The minimum absolute atomic E-state index is 0.365. The zero-order valence-electron chi connectivity index (χ0n) is 8.69. The third-order valence-corrected chi connectivity index (χ3v) is 2.94. The summed E-state index contributed by atoms with van der Waals surface area (Å²) >= 11 is 0. The van der Waals surface area contributed by atoms with Gasteiger partial charge < -0.3 is 9.47 Å². The van der Waals surface area contributed by atoms with Gasteiger partial charge in [-0.3, -0.25) is 0 Å². The second kappa shape index (κ2) is 4.01. The van der Waals surface area contributed by atoms with Gasteiger partial charge in [0.25, 0.3) is 0 Å². The van der Waals surface area contributed by atoms with Crippen LogP contribution in [-0.2, 0) is 9.47 Å². The van der Waals surface area contributed by atoms with Crippen LogP contribution in [0.2, 0.25) is 0 Å². The maximum absolute atomic E-state index is 5.37. The Morgan fingerprint density at radius 3 is 2.86 bits per heavy atom. The SMILES string of the molecule is COC1=CC2CC(OC)CC=C2C=C1. The van der Waals surface area contributed by atoms with Crippen molar-refractivity contribution < 1.29 is 9.47 Å². The molecule has 0 heterocycles. The van der Waals surface area contributed by atoms with Crippen molar-refractivity contribution in [2.75, 3.05) is 14.2 Å². The third kappa shape index (κ3) is 1.75. The molecule has 2 aliphatic carbocycles. The highest BCUT2D eigenvalue weighted by Crippen LogP contribution is 2.32. The Labute approximate surface area is 84.9 Å². The lowest BCUT2D eigenvalue weighted by Crippen LogP contribution is -2.21. The first-order valence-corrected chi connectivity index (χ1v) is 5.00. The molecular weight excluding hydrogens is 176 g/mol. The highest BCUT2D eigenvalue weighted by Gasteiger charge is 2.23. The van der Waals surface area contributed by atoms with E-state index in [1.807, 2.05) is 6.08 Å². The largest absolute Gasteiger partial charge is 0.497 e. The molecule has 0 aromatic carbocycles. The van der Waals surface area contributed by atoms with E-state index in [1.165, 1.54) is 5.57 Å². The standard InChI is InChI=1S/C12H16O2/c1-13-11-5-3-9-4-6-12(14-2)8-10(9)7-11/h3-5,7,10,12H,6,8H2,1-2H3. The number of ether oxygens (including phenoxy) is 2. The quantitative estimate of drug-likeness (QED) is 0.669. The lowest BCUT2D eigenvalue weighted by molar-refractivity contribution is 0.0863. The summed E-state index contributed by atoms with van der Waals surface area (Å²) < 4.78 is 10.6. The van der Waals surface area contributed by atoms with Gasteiger partial charge in [-0.05, 0) is 30.6 Å². The highest BCUT2D eigenvalue weighted by molar-refractivity contribution is 5.37. The van der Waals surface area contributed by atoms with Gasteiger partial charge in [0.1, 0.15) is 5.76 Å². The summed E-state index contributed by atoms with van der Waals surface area (Å²) in [5.41, 5.74) is 1.40. The molecule has 0 bridgehead atoms. The molecule has 2 heteroatoms. The van der Waals surface area contributed by atoms with Crippen LogP contribution < -0.4 is 0 Å². The number of hydrogen-bond donors (Lipinski definition) is 0. The molecule has 2 aliphatic rings. The number of fused-ring (bicyclic) bond motifs is 1. The lowest BCUT2D eigenvalue weighted by atomic mass is 9.83. The number of hydrogen-bond acceptors (Lipinski definition) is 2. The maximum atomic E-state index is 5.37. The number of allylic oxidation sites excluding steroid dienone is 4. The number of rotatable bonds is 2. The van der Waals surface area contributed by atoms with E-state index >= 15 is 0 Å². The smallest absolute Gasteiger partial charge is 0.115 e. The topological polar surface area (TPSA) is 18.5 Å². The van der Waals surface area contributed by atoms with Crippen molar-refractivity contribution in [2.45, 2.75) is 18.9 Å². The van der Waals surface area contributed by atoms with Crippen molar-refractivity contribution in [3.05, 3.63) is 35.6 Å². The molecule has 2 atom stereocenters. The van der Waals surface area contributed by atoms with E-state index in [4.69, 9.17) is 9.47 Å². The fourth-order valence-electron chi connectivity index (χ4n) is 2.05. The van der Waals surface area contributed by atoms with Gasteiger partial charge in [0.15, 0.2) is 0 Å². The van der Waals surface area contributed by atoms with E-state index in [1.54, 1.807) is 14.2 Å². The van der Waals surface area contributed by atoms with Crippen LogP contribution in [0.3, 0.4) is 0 Å². The molecule has 76 valence electrons. The Bertz CT molecular complexity index is 299. The zero-order chi connectivity index (χ0) is 9.97. The average molecular weight is 192 g/mol. The Morgan fingerprint density at radius 1 is 1.29 bits per heavy atom. The van der Waals surface area contributed by atoms with Crippen LogP contribution in [0.25, 0.3) is 0 Å². The molecule has 0 fully saturated rings. The minimum atomic E-state index is 0.365. The van der Waals surface area contributed by atoms with Crippen LogP contribution in [-0.4, -0.2) is 20.3 Å². The molecule has 2 rings (SSSR count). The summed E-state index contributed by atoms with van der Waals surface area (Å²) in [6, 6.07) is 0. The van der Waals surface area contributed by atoms with E-state index in [0.29, 0.717) is 12.0 Å². The van der Waals surface area contributed by atoms with Crippen LogP contribution in [0.1, 0.15) is 12.8 Å². The number of methoxy groups -OCH3 is 2. The predicted molar refractivity (Wildman–Crippen MR) is 55.8 cm³/mol. The van der Waals surface area contributed by atoms with Crippen molar-refractivity contribution in [1.29, 1.82) is 0 Å². The van der Waals surface area contributed by atoms with Gasteiger partial charge in [0, 0.05) is 13.0 Å². The summed E-state index contributed by atoms with van der Waals surface area (Å²) in [5.74, 6) is 1.44. The van der Waals surface area contributed by atoms with Crippen LogP contribution >= 0.6 is 0 Å². The van der Waals surface area contributed by atoms with E-state index in [-0.39, 0.29) is 0 Å². The molecule has 0 radical (unpaired) electrons. The fourth-order valence-corrected chi connectivity index (χ4v) is 2.05. The molecule has 0 aromatic heterocycles.